The molecule has 0 aliphatic heterocycles. The smallest absolute Gasteiger partial charge is 0.143 e. The van der Waals surface area contributed by atoms with E-state index in [9.17, 15) is 0 Å². The van der Waals surface area contributed by atoms with Crippen molar-refractivity contribution in [2.75, 3.05) is 0 Å². The van der Waals surface area contributed by atoms with Crippen molar-refractivity contribution < 1.29 is 4.42 Å². The van der Waals surface area contributed by atoms with Gasteiger partial charge in [-0.25, -0.2) is 0 Å². The summed E-state index contributed by atoms with van der Waals surface area (Å²) in [6.45, 7) is 2.11. The number of hydrogen-bond acceptors (Lipinski definition) is 2. The molecule has 4 aromatic carbocycles. The second-order valence-corrected chi connectivity index (χ2v) is 6.54. The van der Waals surface area contributed by atoms with Crippen LogP contribution >= 0.6 is 0 Å². The van der Waals surface area contributed by atoms with Crippen molar-refractivity contribution in [1.29, 1.82) is 0 Å². The van der Waals surface area contributed by atoms with Gasteiger partial charge in [0.2, 0.25) is 0 Å². The SMILES string of the molecule is Cc1cc2oc3c4ccccc4cc4c5cccnc5c(c1)c2c43. The summed E-state index contributed by atoms with van der Waals surface area (Å²) in [5, 5.41) is 8.39. The fraction of sp³-hybridized carbons (Fsp3) is 0.0455. The highest BCUT2D eigenvalue weighted by Crippen LogP contribution is 2.44. The molecule has 24 heavy (non-hydrogen) atoms. The van der Waals surface area contributed by atoms with Crippen LogP contribution in [0.25, 0.3) is 54.4 Å². The lowest BCUT2D eigenvalue weighted by molar-refractivity contribution is 0.672. The Hall–Kier alpha value is -3.13. The van der Waals surface area contributed by atoms with Crippen molar-refractivity contribution in [1.82, 2.24) is 4.98 Å². The first-order valence-corrected chi connectivity index (χ1v) is 8.15. The average molecular weight is 307 g/mol. The van der Waals surface area contributed by atoms with Crippen LogP contribution in [0.4, 0.5) is 0 Å². The van der Waals surface area contributed by atoms with E-state index < -0.39 is 0 Å². The van der Waals surface area contributed by atoms with E-state index in [1.54, 1.807) is 0 Å². The van der Waals surface area contributed by atoms with E-state index in [4.69, 9.17) is 4.42 Å². The average Bonchev–Trinajstić information content (AvgIpc) is 2.99. The van der Waals surface area contributed by atoms with Gasteiger partial charge in [-0.1, -0.05) is 30.3 Å². The maximum absolute atomic E-state index is 6.35. The Morgan fingerprint density at radius 3 is 2.62 bits per heavy atom. The topological polar surface area (TPSA) is 26.0 Å². The van der Waals surface area contributed by atoms with Gasteiger partial charge < -0.3 is 4.42 Å². The van der Waals surface area contributed by atoms with Crippen molar-refractivity contribution in [3.05, 3.63) is 66.4 Å². The zero-order valence-corrected chi connectivity index (χ0v) is 13.1. The molecule has 2 nitrogen and oxygen atoms in total. The van der Waals surface area contributed by atoms with Crippen molar-refractivity contribution in [2.45, 2.75) is 6.92 Å². The number of furan rings is 1. The van der Waals surface area contributed by atoms with E-state index in [0.717, 1.165) is 16.7 Å². The van der Waals surface area contributed by atoms with Crippen LogP contribution in [-0.2, 0) is 0 Å². The summed E-state index contributed by atoms with van der Waals surface area (Å²) in [5.41, 5.74) is 4.19. The molecule has 0 spiro atoms. The summed E-state index contributed by atoms with van der Waals surface area (Å²) in [6, 6.07) is 19.2. The number of nitrogens with zero attached hydrogens (tertiary/aromatic N) is 1. The van der Waals surface area contributed by atoms with E-state index in [0.29, 0.717) is 0 Å². The minimum absolute atomic E-state index is 0.953. The molecule has 0 unspecified atom stereocenters. The molecule has 0 saturated heterocycles. The lowest BCUT2D eigenvalue weighted by Gasteiger charge is -2.09. The zero-order valence-electron chi connectivity index (χ0n) is 13.1. The Kier molecular flexibility index (Phi) is 2.07. The maximum Gasteiger partial charge on any atom is 0.143 e. The second kappa shape index (κ2) is 4.04. The van der Waals surface area contributed by atoms with Crippen LogP contribution in [0.3, 0.4) is 0 Å². The number of pyridine rings is 1. The minimum Gasteiger partial charge on any atom is -0.455 e. The van der Waals surface area contributed by atoms with Crippen LogP contribution < -0.4 is 0 Å². The monoisotopic (exact) mass is 307 g/mol. The first-order chi connectivity index (χ1) is 11.8. The number of fused-ring (bicyclic) bond motifs is 5. The number of aromatic nitrogens is 1. The zero-order chi connectivity index (χ0) is 15.8. The fourth-order valence-electron chi connectivity index (χ4n) is 4.11. The van der Waals surface area contributed by atoms with Crippen LogP contribution in [0.2, 0.25) is 0 Å². The molecule has 0 saturated carbocycles. The number of aryl methyl sites for hydroxylation is 1. The van der Waals surface area contributed by atoms with Gasteiger partial charge in [0.1, 0.15) is 11.2 Å². The molecule has 0 aliphatic carbocycles. The Morgan fingerprint density at radius 2 is 1.67 bits per heavy atom. The third-order valence-electron chi connectivity index (χ3n) is 5.06. The van der Waals surface area contributed by atoms with Gasteiger partial charge in [-0.05, 0) is 47.5 Å². The second-order valence-electron chi connectivity index (χ2n) is 6.54. The normalized spacial score (nSPS) is 12.4. The Balaban J connectivity index is 2.11. The summed E-state index contributed by atoms with van der Waals surface area (Å²) in [6.07, 6.45) is 1.87. The molecule has 2 aromatic heterocycles. The van der Waals surface area contributed by atoms with E-state index in [1.807, 2.05) is 12.3 Å². The first kappa shape index (κ1) is 12.3. The molecular formula is C22H13NO. The quantitative estimate of drug-likeness (QED) is 0.247. The minimum atomic E-state index is 0.953. The lowest BCUT2D eigenvalue weighted by Crippen LogP contribution is -1.86. The van der Waals surface area contributed by atoms with E-state index >= 15 is 0 Å². The van der Waals surface area contributed by atoms with E-state index in [-0.39, 0.29) is 0 Å². The highest BCUT2D eigenvalue weighted by molar-refractivity contribution is 6.35. The molecule has 0 atom stereocenters. The van der Waals surface area contributed by atoms with Gasteiger partial charge in [0.25, 0.3) is 0 Å². The fourth-order valence-corrected chi connectivity index (χ4v) is 4.11. The number of benzene rings is 4. The highest BCUT2D eigenvalue weighted by Gasteiger charge is 2.19. The summed E-state index contributed by atoms with van der Waals surface area (Å²) in [5.74, 6) is 0. The molecule has 0 N–H and O–H groups in total. The molecule has 0 bridgehead atoms. The first-order valence-electron chi connectivity index (χ1n) is 8.15. The third-order valence-corrected chi connectivity index (χ3v) is 5.06. The van der Waals surface area contributed by atoms with Gasteiger partial charge in [-0.15, -0.1) is 0 Å². The Morgan fingerprint density at radius 1 is 0.792 bits per heavy atom. The summed E-state index contributed by atoms with van der Waals surface area (Å²) < 4.78 is 6.35. The molecule has 6 aromatic rings. The summed E-state index contributed by atoms with van der Waals surface area (Å²) in [7, 11) is 0. The van der Waals surface area contributed by atoms with Crippen molar-refractivity contribution in [3.8, 4) is 0 Å². The van der Waals surface area contributed by atoms with Crippen LogP contribution in [0, 0.1) is 6.92 Å². The van der Waals surface area contributed by atoms with Gasteiger partial charge in [0, 0.05) is 33.1 Å². The molecule has 2 heteroatoms. The molecule has 0 aliphatic rings. The van der Waals surface area contributed by atoms with Crippen molar-refractivity contribution >= 4 is 54.4 Å². The molecule has 0 amide bonds. The Labute approximate surface area is 137 Å². The highest BCUT2D eigenvalue weighted by atomic mass is 16.3. The van der Waals surface area contributed by atoms with Gasteiger partial charge in [-0.3, -0.25) is 4.98 Å². The molecule has 2 heterocycles. The third kappa shape index (κ3) is 1.35. The Bertz CT molecular complexity index is 1410. The molecule has 0 fully saturated rings. The van der Waals surface area contributed by atoms with Crippen LogP contribution in [0.5, 0.6) is 0 Å². The summed E-state index contributed by atoms with van der Waals surface area (Å²) in [4.78, 5) is 4.69. The largest absolute Gasteiger partial charge is 0.455 e. The van der Waals surface area contributed by atoms with Crippen LogP contribution in [0.15, 0.2) is 65.2 Å². The number of rotatable bonds is 0. The summed E-state index contributed by atoms with van der Waals surface area (Å²) >= 11 is 0. The van der Waals surface area contributed by atoms with Crippen molar-refractivity contribution in [3.63, 3.8) is 0 Å². The molecule has 6 rings (SSSR count). The predicted octanol–water partition coefficient (Wildman–Crippen LogP) is 6.19. The number of hydrogen-bond donors (Lipinski definition) is 0. The molecule has 0 radical (unpaired) electrons. The van der Waals surface area contributed by atoms with E-state index in [2.05, 4.69) is 60.4 Å². The van der Waals surface area contributed by atoms with Crippen LogP contribution in [0.1, 0.15) is 5.56 Å². The van der Waals surface area contributed by atoms with Crippen LogP contribution in [-0.4, -0.2) is 4.98 Å². The molecular weight excluding hydrogens is 294 g/mol. The maximum atomic E-state index is 6.35. The van der Waals surface area contributed by atoms with Gasteiger partial charge in [0.15, 0.2) is 0 Å². The van der Waals surface area contributed by atoms with Crippen molar-refractivity contribution in [2.24, 2.45) is 0 Å². The molecule has 112 valence electrons. The van der Waals surface area contributed by atoms with E-state index in [1.165, 1.54) is 43.3 Å². The lowest BCUT2D eigenvalue weighted by atomic mass is 9.94. The standard InChI is InChI=1S/C22H13NO/c1-12-9-17-19-18(10-12)24-22-14-6-3-2-5-13(14)11-16(20(19)22)15-7-4-8-23-21(15)17/h2-11H,1H3. The predicted molar refractivity (Wildman–Crippen MR) is 100.0 cm³/mol. The van der Waals surface area contributed by atoms with Gasteiger partial charge in [0.05, 0.1) is 5.52 Å². The van der Waals surface area contributed by atoms with Gasteiger partial charge in [-0.2, -0.15) is 0 Å². The van der Waals surface area contributed by atoms with Gasteiger partial charge >= 0.3 is 0 Å².